The normalized spacial score (nSPS) is 20.6. The summed E-state index contributed by atoms with van der Waals surface area (Å²) in [4.78, 5) is 28.4. The highest BCUT2D eigenvalue weighted by Crippen LogP contribution is 2.25. The summed E-state index contributed by atoms with van der Waals surface area (Å²) >= 11 is 0. The van der Waals surface area contributed by atoms with Crippen LogP contribution in [0.1, 0.15) is 41.6 Å². The molecule has 1 saturated heterocycles. The van der Waals surface area contributed by atoms with Crippen LogP contribution in [0.25, 0.3) is 0 Å². The number of aliphatic hydroxyl groups excluding tert-OH is 1. The van der Waals surface area contributed by atoms with Crippen LogP contribution >= 0.6 is 0 Å². The van der Waals surface area contributed by atoms with Crippen LogP contribution in [0.4, 0.5) is 26.2 Å². The molecule has 1 aliphatic carbocycles. The van der Waals surface area contributed by atoms with Gasteiger partial charge in [-0.15, -0.1) is 0 Å². The molecule has 3 N–H and O–H groups in total. The van der Waals surface area contributed by atoms with E-state index < -0.39 is 12.5 Å². The van der Waals surface area contributed by atoms with E-state index in [1.165, 1.54) is 6.20 Å². The van der Waals surface area contributed by atoms with E-state index in [0.717, 1.165) is 51.3 Å². The lowest BCUT2D eigenvalue weighted by Gasteiger charge is -2.26. The number of aromatic nitrogens is 2. The van der Waals surface area contributed by atoms with E-state index in [1.807, 2.05) is 24.3 Å². The van der Waals surface area contributed by atoms with Crippen LogP contribution < -0.4 is 10.6 Å². The molecule has 0 spiro atoms. The van der Waals surface area contributed by atoms with Crippen LogP contribution in [0, 0.1) is 5.92 Å². The topological polar surface area (TPSA) is 121 Å². The molecule has 2 fully saturated rings. The van der Waals surface area contributed by atoms with Gasteiger partial charge in [-0.3, -0.25) is 9.69 Å². The smallest absolute Gasteiger partial charge is 0.345 e. The van der Waals surface area contributed by atoms with Crippen LogP contribution in [0.2, 0.25) is 0 Å². The average Bonchev–Trinajstić information content (AvgIpc) is 2.92. The van der Waals surface area contributed by atoms with Crippen molar-refractivity contribution in [3.05, 3.63) is 41.6 Å². The van der Waals surface area contributed by atoms with Crippen LogP contribution in [-0.2, 0) is 16.0 Å². The highest BCUT2D eigenvalue weighted by Gasteiger charge is 2.19. The number of hydrogen-bond donors (Lipinski definition) is 3. The number of ether oxygens (including phenoxy) is 2. The number of halogens is 2. The Labute approximate surface area is 220 Å². The van der Waals surface area contributed by atoms with Crippen molar-refractivity contribution in [3.63, 3.8) is 0 Å². The number of aliphatic hydroxyl groups is 1. The Morgan fingerprint density at radius 2 is 1.95 bits per heavy atom. The Morgan fingerprint density at radius 1 is 1.21 bits per heavy atom. The van der Waals surface area contributed by atoms with Crippen molar-refractivity contribution < 1.29 is 28.2 Å². The van der Waals surface area contributed by atoms with E-state index >= 15 is 0 Å². The largest absolute Gasteiger partial charge is 0.393 e. The fraction of sp³-hybridized carbons (Fsp3) is 0.538. The van der Waals surface area contributed by atoms with Crippen molar-refractivity contribution in [1.29, 1.82) is 0 Å². The van der Waals surface area contributed by atoms with E-state index in [9.17, 15) is 18.7 Å². The fourth-order valence-electron chi connectivity index (χ4n) is 4.36. The molecule has 0 unspecified atom stereocenters. The number of carbonyl (C=O) groups excluding carboxylic acids is 1. The number of anilines is 2. The Morgan fingerprint density at radius 3 is 2.66 bits per heavy atom. The standard InChI is InChI=1S/C26H34F2N6O4/c27-25(28)38-12-9-29-26-31-16-22(23(33-26)30-15-18-3-7-21(35)8-4-18)24(36)32-20-5-1-19(2-6-20)17-34-10-13-37-14-11-34/h1-2,5-6,15-16,18,21,25,35H,3-4,7-14,17H2,(H,32,36)(H,29,31,33). The van der Waals surface area contributed by atoms with Gasteiger partial charge in [-0.25, -0.2) is 9.98 Å². The molecule has 1 amide bonds. The summed E-state index contributed by atoms with van der Waals surface area (Å²) in [7, 11) is 0. The van der Waals surface area contributed by atoms with Gasteiger partial charge in [0.05, 0.1) is 25.9 Å². The Balaban J connectivity index is 1.43. The molecule has 10 nitrogen and oxygen atoms in total. The minimum absolute atomic E-state index is 0.0658. The SMILES string of the molecule is O=C(Nc1ccc(CN2CCOCC2)cc1)c1cnc(NCCOC(F)F)nc1N=CC1CCC(O)CC1. The Kier molecular flexibility index (Phi) is 10.4. The molecule has 38 heavy (non-hydrogen) atoms. The third kappa shape index (κ3) is 8.76. The van der Waals surface area contributed by atoms with Gasteiger partial charge in [0.2, 0.25) is 5.95 Å². The summed E-state index contributed by atoms with van der Waals surface area (Å²) in [6, 6.07) is 7.66. The lowest BCUT2D eigenvalue weighted by molar-refractivity contribution is -0.125. The molecule has 0 atom stereocenters. The maximum atomic E-state index is 13.1. The van der Waals surface area contributed by atoms with Gasteiger partial charge in [-0.2, -0.15) is 13.8 Å². The van der Waals surface area contributed by atoms with Gasteiger partial charge in [0, 0.05) is 44.3 Å². The van der Waals surface area contributed by atoms with Gasteiger partial charge >= 0.3 is 6.61 Å². The van der Waals surface area contributed by atoms with Crippen LogP contribution in [-0.4, -0.2) is 84.3 Å². The average molecular weight is 533 g/mol. The molecule has 2 aliphatic rings. The number of benzene rings is 1. The van der Waals surface area contributed by atoms with Crippen LogP contribution in [0.3, 0.4) is 0 Å². The second-order valence-electron chi connectivity index (χ2n) is 9.38. The van der Waals surface area contributed by atoms with E-state index in [0.29, 0.717) is 18.5 Å². The van der Waals surface area contributed by atoms with Crippen molar-refractivity contribution in [1.82, 2.24) is 14.9 Å². The molecule has 12 heteroatoms. The molecule has 0 radical (unpaired) electrons. The van der Waals surface area contributed by atoms with Gasteiger partial charge in [0.15, 0.2) is 5.82 Å². The highest BCUT2D eigenvalue weighted by atomic mass is 19.3. The monoisotopic (exact) mass is 532 g/mol. The van der Waals surface area contributed by atoms with E-state index in [2.05, 4.69) is 35.2 Å². The summed E-state index contributed by atoms with van der Waals surface area (Å²) in [5.41, 5.74) is 1.95. The number of nitrogens with one attached hydrogen (secondary N) is 2. The third-order valence-electron chi connectivity index (χ3n) is 6.51. The Bertz CT molecular complexity index is 1060. The minimum atomic E-state index is -2.86. The zero-order chi connectivity index (χ0) is 26.7. The second kappa shape index (κ2) is 14.2. The number of amides is 1. The van der Waals surface area contributed by atoms with Gasteiger partial charge < -0.3 is 25.2 Å². The van der Waals surface area contributed by atoms with E-state index in [1.54, 1.807) is 6.21 Å². The molecule has 4 rings (SSSR count). The quantitative estimate of drug-likeness (QED) is 0.297. The predicted molar refractivity (Wildman–Crippen MR) is 139 cm³/mol. The summed E-state index contributed by atoms with van der Waals surface area (Å²) in [5.74, 6) is 0.0757. The zero-order valence-electron chi connectivity index (χ0n) is 21.2. The highest BCUT2D eigenvalue weighted by molar-refractivity contribution is 6.07. The fourth-order valence-corrected chi connectivity index (χ4v) is 4.36. The first kappa shape index (κ1) is 28.0. The van der Waals surface area contributed by atoms with Crippen molar-refractivity contribution in [2.24, 2.45) is 10.9 Å². The number of hydrogen-bond acceptors (Lipinski definition) is 9. The van der Waals surface area contributed by atoms with Crippen molar-refractivity contribution in [3.8, 4) is 0 Å². The first-order valence-corrected chi connectivity index (χ1v) is 12.9. The molecule has 1 aliphatic heterocycles. The maximum absolute atomic E-state index is 13.1. The van der Waals surface area contributed by atoms with Crippen molar-refractivity contribution in [2.45, 2.75) is 44.9 Å². The number of carbonyl (C=O) groups is 1. The van der Waals surface area contributed by atoms with Crippen molar-refractivity contribution in [2.75, 3.05) is 50.1 Å². The molecule has 206 valence electrons. The molecule has 2 heterocycles. The number of morpholine rings is 1. The first-order chi connectivity index (χ1) is 18.5. The lowest BCUT2D eigenvalue weighted by atomic mass is 9.88. The van der Waals surface area contributed by atoms with Gasteiger partial charge in [-0.05, 0) is 49.3 Å². The summed E-state index contributed by atoms with van der Waals surface area (Å²) in [5, 5.41) is 15.4. The first-order valence-electron chi connectivity index (χ1n) is 12.9. The maximum Gasteiger partial charge on any atom is 0.345 e. The summed E-state index contributed by atoms with van der Waals surface area (Å²) in [6.45, 7) is 1.07. The van der Waals surface area contributed by atoms with Gasteiger partial charge in [-0.1, -0.05) is 12.1 Å². The van der Waals surface area contributed by atoms with Crippen molar-refractivity contribution >= 4 is 29.6 Å². The number of rotatable bonds is 11. The molecule has 1 saturated carbocycles. The van der Waals surface area contributed by atoms with E-state index in [-0.39, 0.29) is 42.5 Å². The van der Waals surface area contributed by atoms with Gasteiger partial charge in [0.1, 0.15) is 5.56 Å². The zero-order valence-corrected chi connectivity index (χ0v) is 21.2. The van der Waals surface area contributed by atoms with Gasteiger partial charge in [0.25, 0.3) is 5.91 Å². The second-order valence-corrected chi connectivity index (χ2v) is 9.38. The molecule has 1 aromatic carbocycles. The Hall–Kier alpha value is -3.06. The molecule has 0 bridgehead atoms. The molecular weight excluding hydrogens is 498 g/mol. The lowest BCUT2D eigenvalue weighted by Crippen LogP contribution is -2.35. The van der Waals surface area contributed by atoms with Crippen LogP contribution in [0.15, 0.2) is 35.5 Å². The molecular formula is C26H34F2N6O4. The molecule has 1 aromatic heterocycles. The van der Waals surface area contributed by atoms with Crippen LogP contribution in [0.5, 0.6) is 0 Å². The predicted octanol–water partition coefficient (Wildman–Crippen LogP) is 3.47. The summed E-state index contributed by atoms with van der Waals surface area (Å²) < 4.78 is 34.0. The number of alkyl halides is 2. The number of aliphatic imine (C=N–C) groups is 1. The minimum Gasteiger partial charge on any atom is -0.393 e. The summed E-state index contributed by atoms with van der Waals surface area (Å²) in [6.07, 6.45) is 5.83. The number of nitrogens with zero attached hydrogens (tertiary/aromatic N) is 4. The molecule has 2 aromatic rings. The third-order valence-corrected chi connectivity index (χ3v) is 6.51. The van der Waals surface area contributed by atoms with E-state index in [4.69, 9.17) is 4.74 Å².